The molecule has 0 saturated carbocycles. The number of amides is 3. The predicted molar refractivity (Wildman–Crippen MR) is 133 cm³/mol. The average Bonchev–Trinajstić information content (AvgIpc) is 2.83. The number of carbonyl (C=O) groups excluding carboxylic acids is 3. The van der Waals surface area contributed by atoms with Crippen LogP contribution in [0.15, 0.2) is 54.6 Å². The second kappa shape index (κ2) is 13.4. The van der Waals surface area contributed by atoms with Crippen LogP contribution >= 0.6 is 0 Å². The van der Waals surface area contributed by atoms with Crippen molar-refractivity contribution < 1.29 is 19.1 Å². The van der Waals surface area contributed by atoms with E-state index in [1.807, 2.05) is 75.4 Å². The minimum absolute atomic E-state index is 0.206. The molecule has 2 rings (SSSR count). The van der Waals surface area contributed by atoms with E-state index in [1.165, 1.54) is 5.01 Å². The van der Waals surface area contributed by atoms with E-state index in [0.717, 1.165) is 23.1 Å². The lowest BCUT2D eigenvalue weighted by Gasteiger charge is -2.24. The summed E-state index contributed by atoms with van der Waals surface area (Å²) in [6.45, 7) is 8.66. The van der Waals surface area contributed by atoms with Crippen molar-refractivity contribution in [3.8, 4) is 0 Å². The number of hydrogen-bond acceptors (Lipinski definition) is 4. The van der Waals surface area contributed by atoms with Gasteiger partial charge in [0.25, 0.3) is 0 Å². The van der Waals surface area contributed by atoms with E-state index in [1.54, 1.807) is 6.92 Å². The van der Waals surface area contributed by atoms with Gasteiger partial charge in [0.2, 0.25) is 5.91 Å². The molecule has 0 aliphatic heterocycles. The summed E-state index contributed by atoms with van der Waals surface area (Å²) in [5, 5.41) is 4.15. The number of nitrogens with one attached hydrogen (secondary N) is 2. The molecule has 7 heteroatoms. The molecule has 2 N–H and O–H groups in total. The Kier molecular flexibility index (Phi) is 10.6. The Morgan fingerprint density at radius 1 is 0.941 bits per heavy atom. The lowest BCUT2D eigenvalue weighted by Crippen LogP contribution is -2.50. The van der Waals surface area contributed by atoms with Crippen molar-refractivity contribution in [1.82, 2.24) is 15.8 Å². The van der Waals surface area contributed by atoms with Crippen LogP contribution in [0.3, 0.4) is 0 Å². The smallest absolute Gasteiger partial charge is 0.336 e. The third-order valence-corrected chi connectivity index (χ3v) is 5.55. The van der Waals surface area contributed by atoms with Gasteiger partial charge in [-0.15, -0.1) is 0 Å². The summed E-state index contributed by atoms with van der Waals surface area (Å²) in [5.41, 5.74) is 4.93. The van der Waals surface area contributed by atoms with Gasteiger partial charge in [0.15, 0.2) is 0 Å². The summed E-state index contributed by atoms with van der Waals surface area (Å²) in [6.07, 6.45) is 2.47. The Hall–Kier alpha value is -3.35. The molecule has 7 nitrogen and oxygen atoms in total. The van der Waals surface area contributed by atoms with Gasteiger partial charge < -0.3 is 10.1 Å². The molecule has 184 valence electrons. The van der Waals surface area contributed by atoms with Crippen molar-refractivity contribution >= 4 is 17.9 Å². The summed E-state index contributed by atoms with van der Waals surface area (Å²) in [7, 11) is 0. The quantitative estimate of drug-likeness (QED) is 0.376. The molecule has 0 saturated heterocycles. The Morgan fingerprint density at radius 3 is 2.24 bits per heavy atom. The molecule has 0 atom stereocenters. The maximum atomic E-state index is 12.6. The summed E-state index contributed by atoms with van der Waals surface area (Å²) in [5.74, 6) is -0.454. The number of ether oxygens (including phenoxy) is 1. The molecular weight excluding hydrogens is 430 g/mol. The fourth-order valence-corrected chi connectivity index (χ4v) is 3.43. The molecule has 34 heavy (non-hydrogen) atoms. The number of aryl methyl sites for hydroxylation is 1. The fourth-order valence-electron chi connectivity index (χ4n) is 3.43. The number of carbonyl (C=O) groups is 3. The first-order chi connectivity index (χ1) is 16.3. The lowest BCUT2D eigenvalue weighted by atomic mass is 9.84. The Morgan fingerprint density at radius 2 is 1.62 bits per heavy atom. The van der Waals surface area contributed by atoms with Crippen LogP contribution in [0, 0.1) is 0 Å². The topological polar surface area (TPSA) is 87.7 Å². The monoisotopic (exact) mass is 467 g/mol. The molecular formula is C27H37N3O4. The van der Waals surface area contributed by atoms with Gasteiger partial charge in [-0.1, -0.05) is 61.5 Å². The normalized spacial score (nSPS) is 10.9. The number of urea groups is 1. The van der Waals surface area contributed by atoms with Crippen molar-refractivity contribution in [1.29, 1.82) is 0 Å². The zero-order valence-electron chi connectivity index (χ0n) is 20.7. The lowest BCUT2D eigenvalue weighted by molar-refractivity contribution is -0.148. The first-order valence-corrected chi connectivity index (χ1v) is 11.9. The highest BCUT2D eigenvalue weighted by Gasteiger charge is 2.31. The number of benzene rings is 2. The van der Waals surface area contributed by atoms with Crippen molar-refractivity contribution in [2.45, 2.75) is 65.3 Å². The van der Waals surface area contributed by atoms with Crippen LogP contribution in [0.4, 0.5) is 4.79 Å². The zero-order chi connectivity index (χ0) is 25.0. The van der Waals surface area contributed by atoms with E-state index in [2.05, 4.69) is 10.7 Å². The van der Waals surface area contributed by atoms with Crippen LogP contribution in [-0.2, 0) is 32.7 Å². The zero-order valence-corrected chi connectivity index (χ0v) is 20.7. The van der Waals surface area contributed by atoms with Gasteiger partial charge in [-0.25, -0.2) is 9.80 Å². The van der Waals surface area contributed by atoms with Crippen LogP contribution in [0.25, 0.3) is 0 Å². The van der Waals surface area contributed by atoms with Crippen molar-refractivity contribution in [3.63, 3.8) is 0 Å². The molecule has 0 aliphatic carbocycles. The van der Waals surface area contributed by atoms with E-state index >= 15 is 0 Å². The molecule has 0 fully saturated rings. The Balaban J connectivity index is 1.89. The summed E-state index contributed by atoms with van der Waals surface area (Å²) < 4.78 is 5.17. The molecule has 0 bridgehead atoms. The minimum Gasteiger partial charge on any atom is -0.465 e. The summed E-state index contributed by atoms with van der Waals surface area (Å²) >= 11 is 0. The highest BCUT2D eigenvalue weighted by atomic mass is 16.5. The molecule has 0 unspecified atom stereocenters. The largest absolute Gasteiger partial charge is 0.465 e. The van der Waals surface area contributed by atoms with Crippen molar-refractivity contribution in [3.05, 3.63) is 71.3 Å². The molecule has 0 heterocycles. The first kappa shape index (κ1) is 26.9. The van der Waals surface area contributed by atoms with Crippen molar-refractivity contribution in [2.75, 3.05) is 13.2 Å². The van der Waals surface area contributed by atoms with Gasteiger partial charge in [-0.3, -0.25) is 15.0 Å². The van der Waals surface area contributed by atoms with Gasteiger partial charge in [-0.05, 0) is 56.7 Å². The van der Waals surface area contributed by atoms with E-state index in [4.69, 9.17) is 4.74 Å². The second-order valence-corrected chi connectivity index (χ2v) is 8.73. The van der Waals surface area contributed by atoms with Crippen LogP contribution in [0.1, 0.15) is 63.6 Å². The highest BCUT2D eigenvalue weighted by molar-refractivity contribution is 5.82. The highest BCUT2D eigenvalue weighted by Crippen LogP contribution is 2.25. The fraction of sp³-hybridized carbons (Fsp3) is 0.444. The Bertz CT molecular complexity index is 927. The summed E-state index contributed by atoms with van der Waals surface area (Å²) in [4.78, 5) is 37.3. The van der Waals surface area contributed by atoms with Gasteiger partial charge in [0, 0.05) is 13.0 Å². The predicted octanol–water partition coefficient (Wildman–Crippen LogP) is 4.50. The molecule has 0 spiro atoms. The SMILES string of the molecule is CCCNC(=O)N(Cc1ccccc1)NC(=O)CCCc1ccc(C(C)(C)C(=O)OCC)cc1. The summed E-state index contributed by atoms with van der Waals surface area (Å²) in [6, 6.07) is 17.1. The molecule has 2 aromatic carbocycles. The maximum Gasteiger partial charge on any atom is 0.336 e. The Labute approximate surface area is 202 Å². The van der Waals surface area contributed by atoms with E-state index in [0.29, 0.717) is 39.0 Å². The maximum absolute atomic E-state index is 12.6. The van der Waals surface area contributed by atoms with E-state index in [9.17, 15) is 14.4 Å². The minimum atomic E-state index is -0.713. The second-order valence-electron chi connectivity index (χ2n) is 8.73. The third-order valence-electron chi connectivity index (χ3n) is 5.55. The molecule has 2 aromatic rings. The van der Waals surface area contributed by atoms with Gasteiger partial charge in [0.05, 0.1) is 18.6 Å². The number of nitrogens with zero attached hydrogens (tertiary/aromatic N) is 1. The first-order valence-electron chi connectivity index (χ1n) is 11.9. The van der Waals surface area contributed by atoms with Gasteiger partial charge >= 0.3 is 12.0 Å². The number of hydrogen-bond donors (Lipinski definition) is 2. The van der Waals surface area contributed by atoms with E-state index < -0.39 is 5.41 Å². The number of hydrazine groups is 1. The number of esters is 1. The van der Waals surface area contributed by atoms with Crippen molar-refractivity contribution in [2.24, 2.45) is 0 Å². The third kappa shape index (κ3) is 8.21. The van der Waals surface area contributed by atoms with Crippen LogP contribution < -0.4 is 10.7 Å². The van der Waals surface area contributed by atoms with Gasteiger partial charge in [-0.2, -0.15) is 0 Å². The van der Waals surface area contributed by atoms with Crippen LogP contribution in [0.5, 0.6) is 0 Å². The standard InChI is InChI=1S/C27H37N3O4/c1-5-19-28-26(33)30(20-22-11-8-7-9-12-22)29-24(31)14-10-13-21-15-17-23(18-16-21)27(3,4)25(32)34-6-2/h7-9,11-12,15-18H,5-6,10,13-14,19-20H2,1-4H3,(H,28,33)(H,29,31). The molecule has 3 amide bonds. The van der Waals surface area contributed by atoms with Crippen LogP contribution in [-0.4, -0.2) is 36.1 Å². The average molecular weight is 468 g/mol. The van der Waals surface area contributed by atoms with Gasteiger partial charge in [0.1, 0.15) is 0 Å². The van der Waals surface area contributed by atoms with E-state index in [-0.39, 0.29) is 17.9 Å². The molecule has 0 aliphatic rings. The molecule has 0 radical (unpaired) electrons. The molecule has 0 aromatic heterocycles. The van der Waals surface area contributed by atoms with Crippen LogP contribution in [0.2, 0.25) is 0 Å². The number of rotatable bonds is 11.